The van der Waals surface area contributed by atoms with Crippen LogP contribution in [0.4, 0.5) is 0 Å². The van der Waals surface area contributed by atoms with Crippen molar-refractivity contribution in [1.29, 1.82) is 0 Å². The molecular formula is C12H24N2. The lowest BCUT2D eigenvalue weighted by Gasteiger charge is -2.41. The van der Waals surface area contributed by atoms with Crippen LogP contribution in [-0.4, -0.2) is 29.1 Å². The summed E-state index contributed by atoms with van der Waals surface area (Å²) < 4.78 is 0. The predicted molar refractivity (Wildman–Crippen MR) is 60.2 cm³/mol. The largest absolute Gasteiger partial charge is 0.326 e. The van der Waals surface area contributed by atoms with Crippen LogP contribution in [0.15, 0.2) is 0 Å². The Balaban J connectivity index is 2.03. The van der Waals surface area contributed by atoms with E-state index in [1.54, 1.807) is 0 Å². The second-order valence-corrected chi connectivity index (χ2v) is 5.08. The number of hydrogen-bond acceptors (Lipinski definition) is 2. The van der Waals surface area contributed by atoms with Crippen LogP contribution in [0.5, 0.6) is 0 Å². The number of piperidine rings is 1. The van der Waals surface area contributed by atoms with Crippen molar-refractivity contribution < 1.29 is 0 Å². The van der Waals surface area contributed by atoms with Gasteiger partial charge in [-0.1, -0.05) is 13.3 Å². The molecule has 2 fully saturated rings. The van der Waals surface area contributed by atoms with Crippen LogP contribution in [0.3, 0.4) is 0 Å². The minimum absolute atomic E-state index is 0.371. The topological polar surface area (TPSA) is 29.3 Å². The van der Waals surface area contributed by atoms with Crippen LogP contribution in [0.1, 0.15) is 52.4 Å². The SMILES string of the molecule is CCC(N)C(C)N1C2CCCC1CC2. The van der Waals surface area contributed by atoms with E-state index in [0.29, 0.717) is 12.1 Å². The van der Waals surface area contributed by atoms with Crippen molar-refractivity contribution in [1.82, 2.24) is 4.90 Å². The molecule has 0 saturated carbocycles. The molecule has 0 aromatic carbocycles. The lowest BCUT2D eigenvalue weighted by molar-refractivity contribution is 0.0807. The Bertz CT molecular complexity index is 177. The van der Waals surface area contributed by atoms with Gasteiger partial charge < -0.3 is 5.73 Å². The molecule has 0 radical (unpaired) electrons. The van der Waals surface area contributed by atoms with Crippen LogP contribution in [0.2, 0.25) is 0 Å². The molecule has 2 nitrogen and oxygen atoms in total. The molecule has 0 aromatic rings. The Hall–Kier alpha value is -0.0800. The lowest BCUT2D eigenvalue weighted by atomic mass is 9.97. The highest BCUT2D eigenvalue weighted by Crippen LogP contribution is 2.37. The molecule has 2 heteroatoms. The Morgan fingerprint density at radius 3 is 2.29 bits per heavy atom. The van der Waals surface area contributed by atoms with Gasteiger partial charge in [0.05, 0.1) is 0 Å². The maximum Gasteiger partial charge on any atom is 0.0224 e. The number of rotatable bonds is 3. The zero-order chi connectivity index (χ0) is 10.1. The molecule has 0 aliphatic carbocycles. The van der Waals surface area contributed by atoms with E-state index in [1.807, 2.05) is 0 Å². The maximum absolute atomic E-state index is 6.16. The summed E-state index contributed by atoms with van der Waals surface area (Å²) in [6.07, 6.45) is 8.22. The molecule has 2 aliphatic heterocycles. The first-order chi connectivity index (χ1) is 6.74. The van der Waals surface area contributed by atoms with E-state index in [0.717, 1.165) is 18.5 Å². The average Bonchev–Trinajstić information content (AvgIpc) is 2.46. The second-order valence-electron chi connectivity index (χ2n) is 5.08. The summed E-state index contributed by atoms with van der Waals surface area (Å²) in [6.45, 7) is 4.53. The van der Waals surface area contributed by atoms with Gasteiger partial charge in [0.2, 0.25) is 0 Å². The number of fused-ring (bicyclic) bond motifs is 2. The molecule has 2 bridgehead atoms. The smallest absolute Gasteiger partial charge is 0.0224 e. The standard InChI is InChI=1S/C12H24N2/c1-3-12(13)9(2)14-10-5-4-6-11(14)8-7-10/h9-12H,3-8,13H2,1-2H3. The monoisotopic (exact) mass is 196 g/mol. The van der Waals surface area contributed by atoms with E-state index < -0.39 is 0 Å². The van der Waals surface area contributed by atoms with Gasteiger partial charge in [0.25, 0.3) is 0 Å². The minimum Gasteiger partial charge on any atom is -0.326 e. The molecule has 14 heavy (non-hydrogen) atoms. The third kappa shape index (κ3) is 1.70. The van der Waals surface area contributed by atoms with Gasteiger partial charge in [0, 0.05) is 24.2 Å². The Morgan fingerprint density at radius 2 is 1.79 bits per heavy atom. The fourth-order valence-corrected chi connectivity index (χ4v) is 3.38. The predicted octanol–water partition coefficient (Wildman–Crippen LogP) is 2.13. The Kier molecular flexibility index (Phi) is 3.13. The van der Waals surface area contributed by atoms with Gasteiger partial charge in [-0.3, -0.25) is 4.90 Å². The quantitative estimate of drug-likeness (QED) is 0.749. The Morgan fingerprint density at radius 1 is 1.21 bits per heavy atom. The lowest BCUT2D eigenvalue weighted by Crippen LogP contribution is -2.52. The van der Waals surface area contributed by atoms with E-state index in [-0.39, 0.29) is 0 Å². The fourth-order valence-electron chi connectivity index (χ4n) is 3.38. The van der Waals surface area contributed by atoms with Crippen LogP contribution in [0.25, 0.3) is 0 Å². The summed E-state index contributed by atoms with van der Waals surface area (Å²) in [5.41, 5.74) is 6.16. The van der Waals surface area contributed by atoms with Crippen molar-refractivity contribution in [2.75, 3.05) is 0 Å². The van der Waals surface area contributed by atoms with Crippen LogP contribution < -0.4 is 5.73 Å². The third-order valence-electron chi connectivity index (χ3n) is 4.31. The van der Waals surface area contributed by atoms with Crippen LogP contribution in [-0.2, 0) is 0 Å². The number of hydrogen-bond donors (Lipinski definition) is 1. The van der Waals surface area contributed by atoms with E-state index in [2.05, 4.69) is 18.7 Å². The van der Waals surface area contributed by atoms with Gasteiger partial charge in [-0.15, -0.1) is 0 Å². The summed E-state index contributed by atoms with van der Waals surface area (Å²) in [6, 6.07) is 2.69. The Labute approximate surface area is 87.8 Å². The highest BCUT2D eigenvalue weighted by molar-refractivity contribution is 4.96. The van der Waals surface area contributed by atoms with E-state index in [9.17, 15) is 0 Å². The molecule has 2 heterocycles. The van der Waals surface area contributed by atoms with Crippen LogP contribution >= 0.6 is 0 Å². The molecule has 4 atom stereocenters. The van der Waals surface area contributed by atoms with Gasteiger partial charge in [-0.05, 0) is 39.0 Å². The first kappa shape index (κ1) is 10.4. The molecule has 2 aliphatic rings. The minimum atomic E-state index is 0.371. The number of nitrogens with two attached hydrogens (primary N) is 1. The van der Waals surface area contributed by atoms with Gasteiger partial charge in [-0.25, -0.2) is 0 Å². The van der Waals surface area contributed by atoms with Crippen molar-refractivity contribution in [2.45, 2.75) is 76.5 Å². The zero-order valence-corrected chi connectivity index (χ0v) is 9.58. The van der Waals surface area contributed by atoms with Crippen molar-refractivity contribution in [3.63, 3.8) is 0 Å². The van der Waals surface area contributed by atoms with Gasteiger partial charge >= 0.3 is 0 Å². The van der Waals surface area contributed by atoms with Crippen molar-refractivity contribution in [3.05, 3.63) is 0 Å². The molecule has 0 aromatic heterocycles. The molecule has 82 valence electrons. The van der Waals surface area contributed by atoms with Gasteiger partial charge in [0.1, 0.15) is 0 Å². The molecule has 2 N–H and O–H groups in total. The first-order valence-electron chi connectivity index (χ1n) is 6.27. The molecule has 4 unspecified atom stereocenters. The highest BCUT2D eigenvalue weighted by Gasteiger charge is 2.39. The zero-order valence-electron chi connectivity index (χ0n) is 9.58. The van der Waals surface area contributed by atoms with Crippen molar-refractivity contribution >= 4 is 0 Å². The molecule has 0 spiro atoms. The molecule has 2 saturated heterocycles. The summed E-state index contributed by atoms with van der Waals surface area (Å²) >= 11 is 0. The average molecular weight is 196 g/mol. The second kappa shape index (κ2) is 4.19. The fraction of sp³-hybridized carbons (Fsp3) is 1.00. The summed E-state index contributed by atoms with van der Waals surface area (Å²) in [4.78, 5) is 2.73. The molecular weight excluding hydrogens is 172 g/mol. The van der Waals surface area contributed by atoms with Crippen LogP contribution in [0, 0.1) is 0 Å². The third-order valence-corrected chi connectivity index (χ3v) is 4.31. The summed E-state index contributed by atoms with van der Waals surface area (Å²) in [7, 11) is 0. The van der Waals surface area contributed by atoms with E-state index >= 15 is 0 Å². The van der Waals surface area contributed by atoms with Crippen molar-refractivity contribution in [2.24, 2.45) is 5.73 Å². The maximum atomic E-state index is 6.16. The highest BCUT2D eigenvalue weighted by atomic mass is 15.3. The van der Waals surface area contributed by atoms with E-state index in [1.165, 1.54) is 32.1 Å². The van der Waals surface area contributed by atoms with Gasteiger partial charge in [0.15, 0.2) is 0 Å². The van der Waals surface area contributed by atoms with Gasteiger partial charge in [-0.2, -0.15) is 0 Å². The summed E-state index contributed by atoms with van der Waals surface area (Å²) in [5, 5.41) is 0. The van der Waals surface area contributed by atoms with E-state index in [4.69, 9.17) is 5.73 Å². The molecule has 2 rings (SSSR count). The number of nitrogens with zero attached hydrogens (tertiary/aromatic N) is 1. The molecule has 0 amide bonds. The summed E-state index contributed by atoms with van der Waals surface area (Å²) in [5.74, 6) is 0. The normalized spacial score (nSPS) is 37.1. The first-order valence-corrected chi connectivity index (χ1v) is 6.27. The van der Waals surface area contributed by atoms with Crippen molar-refractivity contribution in [3.8, 4) is 0 Å².